The standard InChI is InChI=1S/C10H19N3O/c1-8-7-12(2)5-6-13(8)10(14)11-9-3-4-9/h8-9H,3-7H2,1-2H3,(H,11,14). The minimum absolute atomic E-state index is 0.133. The van der Waals surface area contributed by atoms with Crippen molar-refractivity contribution in [1.82, 2.24) is 15.1 Å². The van der Waals surface area contributed by atoms with Crippen molar-refractivity contribution in [2.75, 3.05) is 26.7 Å². The number of nitrogens with one attached hydrogen (secondary N) is 1. The van der Waals surface area contributed by atoms with E-state index in [1.807, 2.05) is 4.90 Å². The highest BCUT2D eigenvalue weighted by Crippen LogP contribution is 2.19. The fourth-order valence-corrected chi connectivity index (χ4v) is 1.93. The molecule has 1 unspecified atom stereocenters. The first kappa shape index (κ1) is 9.77. The molecule has 1 atom stereocenters. The van der Waals surface area contributed by atoms with Gasteiger partial charge in [-0.15, -0.1) is 0 Å². The van der Waals surface area contributed by atoms with E-state index in [9.17, 15) is 4.79 Å². The molecule has 1 heterocycles. The Bertz CT molecular complexity index is 227. The third-order valence-electron chi connectivity index (χ3n) is 3.00. The molecule has 1 aliphatic carbocycles. The number of carbonyl (C=O) groups excluding carboxylic acids is 1. The first-order valence-corrected chi connectivity index (χ1v) is 5.42. The smallest absolute Gasteiger partial charge is 0.317 e. The van der Waals surface area contributed by atoms with Crippen LogP contribution >= 0.6 is 0 Å². The van der Waals surface area contributed by atoms with Gasteiger partial charge in [-0.2, -0.15) is 0 Å². The zero-order chi connectivity index (χ0) is 10.1. The summed E-state index contributed by atoms with van der Waals surface area (Å²) in [5.74, 6) is 0. The number of amides is 2. The van der Waals surface area contributed by atoms with Crippen LogP contribution in [-0.2, 0) is 0 Å². The van der Waals surface area contributed by atoms with Gasteiger partial charge in [-0.25, -0.2) is 4.79 Å². The molecule has 1 aliphatic heterocycles. The Morgan fingerprint density at radius 2 is 2.07 bits per heavy atom. The molecule has 4 nitrogen and oxygen atoms in total. The first-order chi connectivity index (χ1) is 6.66. The average Bonchev–Trinajstić information content (AvgIpc) is 2.87. The summed E-state index contributed by atoms with van der Waals surface area (Å²) in [6.07, 6.45) is 2.32. The molecule has 80 valence electrons. The molecule has 0 bridgehead atoms. The van der Waals surface area contributed by atoms with Crippen molar-refractivity contribution in [2.24, 2.45) is 0 Å². The minimum Gasteiger partial charge on any atom is -0.335 e. The van der Waals surface area contributed by atoms with Gasteiger partial charge in [0, 0.05) is 31.7 Å². The third-order valence-corrected chi connectivity index (χ3v) is 3.00. The molecular weight excluding hydrogens is 178 g/mol. The van der Waals surface area contributed by atoms with E-state index in [0.29, 0.717) is 12.1 Å². The molecule has 1 saturated carbocycles. The number of hydrogen-bond acceptors (Lipinski definition) is 2. The minimum atomic E-state index is 0.133. The van der Waals surface area contributed by atoms with Crippen LogP contribution in [0.3, 0.4) is 0 Å². The lowest BCUT2D eigenvalue weighted by molar-refractivity contribution is 0.116. The van der Waals surface area contributed by atoms with E-state index >= 15 is 0 Å². The number of carbonyl (C=O) groups is 1. The van der Waals surface area contributed by atoms with Crippen LogP contribution in [0.4, 0.5) is 4.79 Å². The normalized spacial score (nSPS) is 29.0. The molecule has 0 aromatic carbocycles. The molecule has 0 aromatic heterocycles. The largest absolute Gasteiger partial charge is 0.335 e. The van der Waals surface area contributed by atoms with E-state index in [4.69, 9.17) is 0 Å². The monoisotopic (exact) mass is 197 g/mol. The summed E-state index contributed by atoms with van der Waals surface area (Å²) in [7, 11) is 2.10. The topological polar surface area (TPSA) is 35.6 Å². The third kappa shape index (κ3) is 2.18. The van der Waals surface area contributed by atoms with E-state index in [1.165, 1.54) is 0 Å². The number of rotatable bonds is 1. The second-order valence-electron chi connectivity index (χ2n) is 4.53. The van der Waals surface area contributed by atoms with Crippen LogP contribution in [0.25, 0.3) is 0 Å². The SMILES string of the molecule is CC1CN(C)CCN1C(=O)NC1CC1. The Labute approximate surface area is 85.2 Å². The van der Waals surface area contributed by atoms with Crippen molar-refractivity contribution >= 4 is 6.03 Å². The number of piperazine rings is 1. The number of urea groups is 1. The summed E-state index contributed by atoms with van der Waals surface area (Å²) < 4.78 is 0. The van der Waals surface area contributed by atoms with Crippen LogP contribution < -0.4 is 5.32 Å². The Hall–Kier alpha value is -0.770. The molecule has 2 fully saturated rings. The molecule has 2 rings (SSSR count). The summed E-state index contributed by atoms with van der Waals surface area (Å²) >= 11 is 0. The van der Waals surface area contributed by atoms with Crippen LogP contribution in [0.5, 0.6) is 0 Å². The molecule has 2 aliphatic rings. The average molecular weight is 197 g/mol. The van der Waals surface area contributed by atoms with Gasteiger partial charge in [0.05, 0.1) is 0 Å². The fraction of sp³-hybridized carbons (Fsp3) is 0.900. The van der Waals surface area contributed by atoms with E-state index in [2.05, 4.69) is 24.2 Å². The van der Waals surface area contributed by atoms with E-state index in [-0.39, 0.29) is 6.03 Å². The Kier molecular flexibility index (Phi) is 2.63. The first-order valence-electron chi connectivity index (χ1n) is 5.42. The second-order valence-corrected chi connectivity index (χ2v) is 4.53. The van der Waals surface area contributed by atoms with Crippen molar-refractivity contribution in [3.8, 4) is 0 Å². The molecule has 1 saturated heterocycles. The van der Waals surface area contributed by atoms with Crippen LogP contribution in [0.1, 0.15) is 19.8 Å². The lowest BCUT2D eigenvalue weighted by Crippen LogP contribution is -2.55. The molecule has 0 radical (unpaired) electrons. The Morgan fingerprint density at radius 3 is 2.64 bits per heavy atom. The maximum absolute atomic E-state index is 11.8. The van der Waals surface area contributed by atoms with Crippen LogP contribution in [0.15, 0.2) is 0 Å². The van der Waals surface area contributed by atoms with E-state index < -0.39 is 0 Å². The number of nitrogens with zero attached hydrogens (tertiary/aromatic N) is 2. The van der Waals surface area contributed by atoms with Crippen molar-refractivity contribution in [2.45, 2.75) is 31.8 Å². The summed E-state index contributed by atoms with van der Waals surface area (Å²) in [6.45, 7) is 4.94. The summed E-state index contributed by atoms with van der Waals surface area (Å²) in [6, 6.07) is 0.940. The van der Waals surface area contributed by atoms with Gasteiger partial charge in [-0.1, -0.05) is 0 Å². The molecular formula is C10H19N3O. The molecule has 0 spiro atoms. The Balaban J connectivity index is 1.85. The van der Waals surface area contributed by atoms with Gasteiger partial charge in [0.25, 0.3) is 0 Å². The zero-order valence-corrected chi connectivity index (χ0v) is 8.99. The van der Waals surface area contributed by atoms with Crippen molar-refractivity contribution < 1.29 is 4.79 Å². The fourth-order valence-electron chi connectivity index (χ4n) is 1.93. The van der Waals surface area contributed by atoms with Crippen molar-refractivity contribution in [1.29, 1.82) is 0 Å². The quantitative estimate of drug-likeness (QED) is 0.664. The Morgan fingerprint density at radius 1 is 1.36 bits per heavy atom. The van der Waals surface area contributed by atoms with Gasteiger partial charge in [0.15, 0.2) is 0 Å². The highest BCUT2D eigenvalue weighted by molar-refractivity contribution is 5.75. The van der Waals surface area contributed by atoms with E-state index in [0.717, 1.165) is 32.5 Å². The number of likely N-dealkylation sites (N-methyl/N-ethyl adjacent to an activating group) is 1. The summed E-state index contributed by atoms with van der Waals surface area (Å²) in [5, 5.41) is 3.04. The van der Waals surface area contributed by atoms with Gasteiger partial charge >= 0.3 is 6.03 Å². The van der Waals surface area contributed by atoms with Gasteiger partial charge < -0.3 is 15.1 Å². The highest BCUT2D eigenvalue weighted by Gasteiger charge is 2.30. The maximum Gasteiger partial charge on any atom is 0.317 e. The van der Waals surface area contributed by atoms with Crippen molar-refractivity contribution in [3.05, 3.63) is 0 Å². The number of hydrogen-bond donors (Lipinski definition) is 1. The molecule has 14 heavy (non-hydrogen) atoms. The maximum atomic E-state index is 11.8. The second kappa shape index (κ2) is 3.77. The highest BCUT2D eigenvalue weighted by atomic mass is 16.2. The molecule has 2 amide bonds. The summed E-state index contributed by atoms with van der Waals surface area (Å²) in [5.41, 5.74) is 0. The van der Waals surface area contributed by atoms with Crippen LogP contribution in [-0.4, -0.2) is 54.6 Å². The van der Waals surface area contributed by atoms with E-state index in [1.54, 1.807) is 0 Å². The van der Waals surface area contributed by atoms with Crippen LogP contribution in [0, 0.1) is 0 Å². The molecule has 4 heteroatoms. The lowest BCUT2D eigenvalue weighted by atomic mass is 10.2. The van der Waals surface area contributed by atoms with Crippen molar-refractivity contribution in [3.63, 3.8) is 0 Å². The van der Waals surface area contributed by atoms with Crippen LogP contribution in [0.2, 0.25) is 0 Å². The predicted molar refractivity (Wildman–Crippen MR) is 55.2 cm³/mol. The lowest BCUT2D eigenvalue weighted by Gasteiger charge is -2.38. The molecule has 1 N–H and O–H groups in total. The van der Waals surface area contributed by atoms with Gasteiger partial charge in [-0.05, 0) is 26.8 Å². The summed E-state index contributed by atoms with van der Waals surface area (Å²) in [4.78, 5) is 16.0. The van der Waals surface area contributed by atoms with Gasteiger partial charge in [-0.3, -0.25) is 0 Å². The zero-order valence-electron chi connectivity index (χ0n) is 8.99. The van der Waals surface area contributed by atoms with Gasteiger partial charge in [0.2, 0.25) is 0 Å². The van der Waals surface area contributed by atoms with Gasteiger partial charge in [0.1, 0.15) is 0 Å². The predicted octanol–water partition coefficient (Wildman–Crippen LogP) is 0.494. The molecule has 0 aromatic rings.